The predicted molar refractivity (Wildman–Crippen MR) is 98.3 cm³/mol. The summed E-state index contributed by atoms with van der Waals surface area (Å²) in [6.45, 7) is 0.670. The number of aromatic nitrogens is 2. The minimum absolute atomic E-state index is 0.0884. The molecule has 0 aliphatic rings. The molecule has 5 heteroatoms. The van der Waals surface area contributed by atoms with Crippen LogP contribution in [0, 0.1) is 0 Å². The zero-order valence-corrected chi connectivity index (χ0v) is 14.2. The van der Waals surface area contributed by atoms with Gasteiger partial charge in [-0.15, -0.1) is 0 Å². The van der Waals surface area contributed by atoms with Gasteiger partial charge in [0.25, 0.3) is 0 Å². The highest BCUT2D eigenvalue weighted by molar-refractivity contribution is 5.80. The Hall–Kier alpha value is -3.34. The molecule has 26 heavy (non-hydrogen) atoms. The molecule has 0 atom stereocenters. The first-order chi connectivity index (χ1) is 12.8. The Balaban J connectivity index is 1.31. The number of fused-ring (bicyclic) bond motifs is 1. The van der Waals surface area contributed by atoms with Crippen LogP contribution in [0.4, 0.5) is 0 Å². The number of ether oxygens (including phenoxy) is 1. The first-order valence-corrected chi connectivity index (χ1v) is 8.50. The molecule has 0 saturated carbocycles. The van der Waals surface area contributed by atoms with Gasteiger partial charge in [-0.05, 0) is 17.5 Å². The van der Waals surface area contributed by atoms with Crippen molar-refractivity contribution in [3.05, 3.63) is 78.7 Å². The van der Waals surface area contributed by atoms with E-state index in [1.54, 1.807) is 6.07 Å². The van der Waals surface area contributed by atoms with E-state index in [2.05, 4.69) is 15.8 Å². The molecule has 4 aromatic rings. The zero-order valence-electron chi connectivity index (χ0n) is 14.2. The smallest absolute Gasteiger partial charge is 0.308 e. The van der Waals surface area contributed by atoms with Crippen LogP contribution >= 0.6 is 0 Å². The van der Waals surface area contributed by atoms with Crippen LogP contribution < -0.4 is 0 Å². The van der Waals surface area contributed by atoms with Gasteiger partial charge in [0.05, 0.1) is 6.42 Å². The lowest BCUT2D eigenvalue weighted by Crippen LogP contribution is -2.08. The van der Waals surface area contributed by atoms with Crippen molar-refractivity contribution in [1.82, 2.24) is 9.72 Å². The van der Waals surface area contributed by atoms with Crippen molar-refractivity contribution in [2.45, 2.75) is 19.6 Å². The Morgan fingerprint density at radius 1 is 1.04 bits per heavy atom. The number of rotatable bonds is 6. The van der Waals surface area contributed by atoms with Gasteiger partial charge in [-0.3, -0.25) is 4.79 Å². The molecule has 0 aliphatic carbocycles. The molecule has 0 unspecified atom stereocenters. The molecule has 0 amide bonds. The van der Waals surface area contributed by atoms with E-state index in [1.165, 1.54) is 0 Å². The summed E-state index contributed by atoms with van der Waals surface area (Å²) in [5, 5.41) is 5.18. The van der Waals surface area contributed by atoms with Gasteiger partial charge in [0, 0.05) is 29.9 Å². The van der Waals surface area contributed by atoms with Crippen LogP contribution in [0.5, 0.6) is 0 Å². The van der Waals surface area contributed by atoms with E-state index in [0.29, 0.717) is 18.7 Å². The van der Waals surface area contributed by atoms with Gasteiger partial charge in [-0.25, -0.2) is 0 Å². The number of benzene rings is 2. The van der Waals surface area contributed by atoms with Gasteiger partial charge in [-0.2, -0.15) is 0 Å². The van der Waals surface area contributed by atoms with E-state index in [4.69, 9.17) is 9.26 Å². The summed E-state index contributed by atoms with van der Waals surface area (Å²) in [5.74, 6) is 0.268. The van der Waals surface area contributed by atoms with Crippen LogP contribution in [0.15, 0.2) is 77.4 Å². The van der Waals surface area contributed by atoms with Crippen LogP contribution in [-0.2, 0) is 22.7 Å². The largest absolute Gasteiger partial charge is 0.457 e. The van der Waals surface area contributed by atoms with E-state index in [0.717, 1.165) is 22.2 Å². The SMILES string of the molecule is O=C(CCn1ccc2ccccc21)OCc1cc(-c2ccccc2)no1. The van der Waals surface area contributed by atoms with Crippen molar-refractivity contribution in [1.29, 1.82) is 0 Å². The average molecular weight is 346 g/mol. The maximum absolute atomic E-state index is 12.0. The van der Waals surface area contributed by atoms with Crippen LogP contribution in [0.3, 0.4) is 0 Å². The number of carbonyl (C=O) groups excluding carboxylic acids is 1. The molecule has 0 radical (unpaired) electrons. The Morgan fingerprint density at radius 2 is 1.85 bits per heavy atom. The lowest BCUT2D eigenvalue weighted by atomic mass is 10.1. The summed E-state index contributed by atoms with van der Waals surface area (Å²) >= 11 is 0. The molecule has 0 saturated heterocycles. The Morgan fingerprint density at radius 3 is 2.73 bits per heavy atom. The zero-order chi connectivity index (χ0) is 17.8. The van der Waals surface area contributed by atoms with Crippen molar-refractivity contribution in [2.24, 2.45) is 0 Å². The number of hydrogen-bond acceptors (Lipinski definition) is 4. The number of esters is 1. The second-order valence-corrected chi connectivity index (χ2v) is 6.02. The Kier molecular flexibility index (Phi) is 4.51. The predicted octanol–water partition coefficient (Wildman–Crippen LogP) is 4.43. The molecule has 0 spiro atoms. The maximum Gasteiger partial charge on any atom is 0.308 e. The third kappa shape index (κ3) is 3.52. The normalized spacial score (nSPS) is 10.9. The fraction of sp³-hybridized carbons (Fsp3) is 0.143. The van der Waals surface area contributed by atoms with Gasteiger partial charge in [0.2, 0.25) is 0 Å². The fourth-order valence-corrected chi connectivity index (χ4v) is 2.90. The molecule has 130 valence electrons. The van der Waals surface area contributed by atoms with Gasteiger partial charge in [0.1, 0.15) is 5.69 Å². The van der Waals surface area contributed by atoms with Gasteiger partial charge in [0.15, 0.2) is 12.4 Å². The van der Waals surface area contributed by atoms with E-state index in [9.17, 15) is 4.79 Å². The second-order valence-electron chi connectivity index (χ2n) is 6.02. The summed E-state index contributed by atoms with van der Waals surface area (Å²) < 4.78 is 12.6. The van der Waals surface area contributed by atoms with E-state index in [1.807, 2.05) is 60.8 Å². The van der Waals surface area contributed by atoms with Crippen molar-refractivity contribution >= 4 is 16.9 Å². The first-order valence-electron chi connectivity index (χ1n) is 8.50. The Bertz CT molecular complexity index is 1020. The molecule has 2 aromatic heterocycles. The highest BCUT2D eigenvalue weighted by Crippen LogP contribution is 2.19. The van der Waals surface area contributed by atoms with Crippen LogP contribution in [-0.4, -0.2) is 15.7 Å². The number of hydrogen-bond donors (Lipinski definition) is 0. The van der Waals surface area contributed by atoms with E-state index >= 15 is 0 Å². The lowest BCUT2D eigenvalue weighted by molar-refractivity contribution is -0.145. The van der Waals surface area contributed by atoms with Crippen LogP contribution in [0.25, 0.3) is 22.2 Å². The fourth-order valence-electron chi connectivity index (χ4n) is 2.90. The molecule has 0 N–H and O–H groups in total. The molecule has 5 nitrogen and oxygen atoms in total. The lowest BCUT2D eigenvalue weighted by Gasteiger charge is -2.05. The molecule has 0 aliphatic heterocycles. The Labute approximate surface area is 150 Å². The molecule has 2 aromatic carbocycles. The van der Waals surface area contributed by atoms with Gasteiger partial charge >= 0.3 is 5.97 Å². The average Bonchev–Trinajstić information content (AvgIpc) is 3.33. The third-order valence-corrected chi connectivity index (χ3v) is 4.24. The number of carbonyl (C=O) groups is 1. The molecular weight excluding hydrogens is 328 g/mol. The summed E-state index contributed by atoms with van der Waals surface area (Å²) in [5.41, 5.74) is 2.81. The van der Waals surface area contributed by atoms with Crippen molar-refractivity contribution in [3.63, 3.8) is 0 Å². The second kappa shape index (κ2) is 7.27. The minimum atomic E-state index is -0.263. The minimum Gasteiger partial charge on any atom is -0.457 e. The monoisotopic (exact) mass is 346 g/mol. The van der Waals surface area contributed by atoms with E-state index in [-0.39, 0.29) is 12.6 Å². The molecular formula is C21H18N2O3. The van der Waals surface area contributed by atoms with Crippen LogP contribution in [0.2, 0.25) is 0 Å². The number of para-hydroxylation sites is 1. The third-order valence-electron chi connectivity index (χ3n) is 4.24. The summed E-state index contributed by atoms with van der Waals surface area (Å²) in [7, 11) is 0. The molecule has 2 heterocycles. The van der Waals surface area contributed by atoms with E-state index < -0.39 is 0 Å². The van der Waals surface area contributed by atoms with Gasteiger partial charge < -0.3 is 13.8 Å². The standard InChI is InChI=1S/C21H18N2O3/c24-21(11-13-23-12-10-17-8-4-5-9-20(17)23)25-15-18-14-19(22-26-18)16-6-2-1-3-7-16/h1-10,12,14H,11,13,15H2. The summed E-state index contributed by atoms with van der Waals surface area (Å²) in [6, 6.07) is 21.7. The highest BCUT2D eigenvalue weighted by Gasteiger charge is 2.10. The maximum atomic E-state index is 12.0. The molecule has 4 rings (SSSR count). The summed E-state index contributed by atoms with van der Waals surface area (Å²) in [4.78, 5) is 12.0. The van der Waals surface area contributed by atoms with Crippen LogP contribution in [0.1, 0.15) is 12.2 Å². The number of nitrogens with zero attached hydrogens (tertiary/aromatic N) is 2. The number of aryl methyl sites for hydroxylation is 1. The quantitative estimate of drug-likeness (QED) is 0.485. The van der Waals surface area contributed by atoms with Crippen molar-refractivity contribution in [3.8, 4) is 11.3 Å². The topological polar surface area (TPSA) is 57.3 Å². The first kappa shape index (κ1) is 16.1. The van der Waals surface area contributed by atoms with Gasteiger partial charge in [-0.1, -0.05) is 53.7 Å². The van der Waals surface area contributed by atoms with Crippen molar-refractivity contribution in [2.75, 3.05) is 0 Å². The highest BCUT2D eigenvalue weighted by atomic mass is 16.5. The van der Waals surface area contributed by atoms with Crippen molar-refractivity contribution < 1.29 is 14.1 Å². The molecule has 0 fully saturated rings. The summed E-state index contributed by atoms with van der Waals surface area (Å²) in [6.07, 6.45) is 2.29. The molecule has 0 bridgehead atoms.